The van der Waals surface area contributed by atoms with E-state index in [4.69, 9.17) is 16.3 Å². The number of nitrogens with zero attached hydrogens (tertiary/aromatic N) is 3. The number of aromatic nitrogens is 3. The van der Waals surface area contributed by atoms with Gasteiger partial charge in [0.15, 0.2) is 5.65 Å². The Balaban J connectivity index is 2.29. The Hall–Kier alpha value is -2.67. The van der Waals surface area contributed by atoms with Crippen molar-refractivity contribution in [2.75, 3.05) is 7.11 Å². The topological polar surface area (TPSA) is 66.1 Å². The van der Waals surface area contributed by atoms with Crippen molar-refractivity contribution in [2.24, 2.45) is 0 Å². The highest BCUT2D eigenvalue weighted by molar-refractivity contribution is 6.31. The molecular formula is C19H19ClFN3O3. The van der Waals surface area contributed by atoms with Crippen LogP contribution < -0.4 is 15.9 Å². The Morgan fingerprint density at radius 3 is 2.56 bits per heavy atom. The van der Waals surface area contributed by atoms with Crippen LogP contribution >= 0.6 is 11.6 Å². The van der Waals surface area contributed by atoms with Crippen molar-refractivity contribution in [1.29, 1.82) is 0 Å². The summed E-state index contributed by atoms with van der Waals surface area (Å²) in [4.78, 5) is 29.8. The Bertz CT molecular complexity index is 1090. The summed E-state index contributed by atoms with van der Waals surface area (Å²) >= 11 is 6.10. The molecule has 0 fully saturated rings. The summed E-state index contributed by atoms with van der Waals surface area (Å²) in [6.07, 6.45) is 1.57. The number of pyridine rings is 1. The van der Waals surface area contributed by atoms with Gasteiger partial charge >= 0.3 is 11.1 Å². The Kier molecular flexibility index (Phi) is 5.60. The Labute approximate surface area is 159 Å². The third-order valence-electron chi connectivity index (χ3n) is 4.37. The number of hydrogen-bond donors (Lipinski definition) is 0. The average Bonchev–Trinajstić information content (AvgIpc) is 2.67. The molecule has 3 aromatic rings. The van der Waals surface area contributed by atoms with Gasteiger partial charge in [-0.2, -0.15) is 4.98 Å². The first-order chi connectivity index (χ1) is 13.0. The monoisotopic (exact) mass is 391 g/mol. The van der Waals surface area contributed by atoms with Crippen LogP contribution in [0.3, 0.4) is 0 Å². The summed E-state index contributed by atoms with van der Waals surface area (Å²) in [5.74, 6) is -0.222. The van der Waals surface area contributed by atoms with Crippen molar-refractivity contribution < 1.29 is 9.13 Å². The molecule has 27 heavy (non-hydrogen) atoms. The fourth-order valence-corrected chi connectivity index (χ4v) is 3.13. The molecule has 0 saturated carbocycles. The number of halogens is 2. The molecule has 3 rings (SSSR count). The maximum atomic E-state index is 14.2. The lowest BCUT2D eigenvalue weighted by molar-refractivity contribution is 0.398. The highest BCUT2D eigenvalue weighted by Crippen LogP contribution is 2.22. The third-order valence-corrected chi connectivity index (χ3v) is 4.73. The van der Waals surface area contributed by atoms with E-state index in [0.717, 1.165) is 12.8 Å². The van der Waals surface area contributed by atoms with Gasteiger partial charge in [0, 0.05) is 23.2 Å². The predicted molar refractivity (Wildman–Crippen MR) is 102 cm³/mol. The smallest absolute Gasteiger partial charge is 0.318 e. The minimum Gasteiger partial charge on any atom is -0.481 e. The van der Waals surface area contributed by atoms with Gasteiger partial charge in [0.25, 0.3) is 0 Å². The summed E-state index contributed by atoms with van der Waals surface area (Å²) in [6.45, 7) is 2.18. The van der Waals surface area contributed by atoms with Gasteiger partial charge in [-0.3, -0.25) is 18.7 Å². The molecule has 1 aromatic carbocycles. The van der Waals surface area contributed by atoms with Crippen LogP contribution in [0.15, 0.2) is 39.9 Å². The van der Waals surface area contributed by atoms with E-state index in [9.17, 15) is 14.0 Å². The van der Waals surface area contributed by atoms with E-state index in [-0.39, 0.29) is 17.1 Å². The highest BCUT2D eigenvalue weighted by atomic mass is 35.5. The van der Waals surface area contributed by atoms with Gasteiger partial charge in [0.1, 0.15) is 5.82 Å². The summed E-state index contributed by atoms with van der Waals surface area (Å²) in [5, 5.41) is 0.187. The van der Waals surface area contributed by atoms with E-state index in [1.54, 1.807) is 12.1 Å². The molecule has 0 aliphatic carbocycles. The number of methoxy groups -OCH3 is 1. The first kappa shape index (κ1) is 19.1. The van der Waals surface area contributed by atoms with Crippen LogP contribution in [0.5, 0.6) is 5.88 Å². The lowest BCUT2D eigenvalue weighted by atomic mass is 10.2. The van der Waals surface area contributed by atoms with Crippen molar-refractivity contribution in [1.82, 2.24) is 14.1 Å². The molecule has 0 radical (unpaired) electrons. The quantitative estimate of drug-likeness (QED) is 0.605. The molecule has 0 unspecified atom stereocenters. The molecule has 0 aliphatic rings. The maximum absolute atomic E-state index is 14.2. The van der Waals surface area contributed by atoms with Gasteiger partial charge in [-0.1, -0.05) is 31.0 Å². The van der Waals surface area contributed by atoms with Gasteiger partial charge < -0.3 is 4.74 Å². The number of aryl methyl sites for hydroxylation is 1. The second-order valence-corrected chi connectivity index (χ2v) is 6.51. The van der Waals surface area contributed by atoms with Crippen molar-refractivity contribution >= 4 is 22.8 Å². The number of ether oxygens (including phenoxy) is 1. The number of unbranched alkanes of at least 4 members (excludes halogenated alkanes) is 1. The van der Waals surface area contributed by atoms with Gasteiger partial charge in [-0.25, -0.2) is 4.39 Å². The average molecular weight is 392 g/mol. The molecule has 142 valence electrons. The molecule has 2 heterocycles. The lowest BCUT2D eigenvalue weighted by Crippen LogP contribution is -2.42. The van der Waals surface area contributed by atoms with E-state index in [1.165, 1.54) is 34.4 Å². The van der Waals surface area contributed by atoms with Gasteiger partial charge in [-0.05, 0) is 24.6 Å². The van der Waals surface area contributed by atoms with E-state index >= 15 is 0 Å². The van der Waals surface area contributed by atoms with Crippen molar-refractivity contribution in [3.8, 4) is 5.88 Å². The maximum Gasteiger partial charge on any atom is 0.318 e. The zero-order valence-corrected chi connectivity index (χ0v) is 15.8. The fourth-order valence-electron chi connectivity index (χ4n) is 2.91. The van der Waals surface area contributed by atoms with Crippen LogP contribution in [-0.2, 0) is 13.1 Å². The van der Waals surface area contributed by atoms with Crippen LogP contribution in [0.2, 0.25) is 5.02 Å². The third kappa shape index (κ3) is 3.60. The standard InChI is InChI=1S/C19H19ClFN3O3/c1-3-4-10-23-17-15(8-9-16(22-17)27-2)24(19(26)18(23)25)11-12-13(20)6-5-7-14(12)21/h5-9H,3-4,10-11H2,1-2H3. The number of fused-ring (bicyclic) bond motifs is 1. The molecule has 0 N–H and O–H groups in total. The molecule has 6 nitrogen and oxygen atoms in total. The number of hydrogen-bond acceptors (Lipinski definition) is 4. The van der Waals surface area contributed by atoms with Crippen molar-refractivity contribution in [3.05, 3.63) is 67.4 Å². The van der Waals surface area contributed by atoms with Crippen LogP contribution in [0.1, 0.15) is 25.3 Å². The summed E-state index contributed by atoms with van der Waals surface area (Å²) < 4.78 is 21.9. The Morgan fingerprint density at radius 2 is 1.89 bits per heavy atom. The zero-order chi connectivity index (χ0) is 19.6. The van der Waals surface area contributed by atoms with Crippen LogP contribution in [0.25, 0.3) is 11.2 Å². The highest BCUT2D eigenvalue weighted by Gasteiger charge is 2.17. The summed E-state index contributed by atoms with van der Waals surface area (Å²) in [7, 11) is 1.47. The van der Waals surface area contributed by atoms with Crippen LogP contribution in [0.4, 0.5) is 4.39 Å². The first-order valence-corrected chi connectivity index (χ1v) is 8.97. The molecule has 0 spiro atoms. The molecule has 0 amide bonds. The van der Waals surface area contributed by atoms with E-state index in [0.29, 0.717) is 23.6 Å². The van der Waals surface area contributed by atoms with E-state index < -0.39 is 16.9 Å². The second-order valence-electron chi connectivity index (χ2n) is 6.10. The van der Waals surface area contributed by atoms with Crippen LogP contribution in [0, 0.1) is 5.82 Å². The second kappa shape index (κ2) is 7.92. The van der Waals surface area contributed by atoms with Gasteiger partial charge in [-0.15, -0.1) is 0 Å². The van der Waals surface area contributed by atoms with Crippen molar-refractivity contribution in [2.45, 2.75) is 32.9 Å². The van der Waals surface area contributed by atoms with E-state index in [1.807, 2.05) is 6.92 Å². The molecule has 0 aliphatic heterocycles. The molecule has 0 atom stereocenters. The van der Waals surface area contributed by atoms with Crippen molar-refractivity contribution in [3.63, 3.8) is 0 Å². The minimum atomic E-state index is -0.745. The largest absolute Gasteiger partial charge is 0.481 e. The van der Waals surface area contributed by atoms with E-state index in [2.05, 4.69) is 4.98 Å². The zero-order valence-electron chi connectivity index (χ0n) is 15.0. The molecule has 2 aromatic heterocycles. The molecular weight excluding hydrogens is 373 g/mol. The Morgan fingerprint density at radius 1 is 1.15 bits per heavy atom. The lowest BCUT2D eigenvalue weighted by Gasteiger charge is -2.15. The van der Waals surface area contributed by atoms with Crippen LogP contribution in [-0.4, -0.2) is 21.2 Å². The number of benzene rings is 1. The fraction of sp³-hybridized carbons (Fsp3) is 0.316. The summed E-state index contributed by atoms with van der Waals surface area (Å²) in [6, 6.07) is 7.52. The normalized spacial score (nSPS) is 11.1. The molecule has 0 saturated heterocycles. The minimum absolute atomic E-state index is 0.143. The van der Waals surface area contributed by atoms with Gasteiger partial charge in [0.05, 0.1) is 19.2 Å². The molecule has 0 bridgehead atoms. The SMILES string of the molecule is CCCCn1c(=O)c(=O)n(Cc2c(F)cccc2Cl)c2ccc(OC)nc21. The predicted octanol–water partition coefficient (Wildman–Crippen LogP) is 3.21. The van der Waals surface area contributed by atoms with Gasteiger partial charge in [0.2, 0.25) is 5.88 Å². The number of rotatable bonds is 6. The summed E-state index contributed by atoms with van der Waals surface area (Å²) in [5.41, 5.74) is -0.575. The molecule has 8 heteroatoms. The first-order valence-electron chi connectivity index (χ1n) is 8.59.